The Bertz CT molecular complexity index is 1210. The van der Waals surface area contributed by atoms with Gasteiger partial charge in [0.15, 0.2) is 0 Å². The van der Waals surface area contributed by atoms with Crippen molar-refractivity contribution in [1.82, 2.24) is 45.3 Å². The fourth-order valence-electron chi connectivity index (χ4n) is 8.01. The minimum Gasteiger partial charge on any atom is -0.338 e. The number of piperazine rings is 2. The molecule has 0 aliphatic carbocycles. The van der Waals surface area contributed by atoms with Crippen LogP contribution in [0.3, 0.4) is 0 Å². The topological polar surface area (TPSA) is 109 Å². The Hall–Kier alpha value is -2.92. The van der Waals surface area contributed by atoms with E-state index in [1.54, 1.807) is 36.9 Å². The minimum atomic E-state index is -4.38. The fraction of sp³-hybridized carbons (Fsp3) is 0.690. The van der Waals surface area contributed by atoms with Crippen LogP contribution in [0.25, 0.3) is 0 Å². The van der Waals surface area contributed by atoms with Crippen LogP contribution in [-0.4, -0.2) is 155 Å². The van der Waals surface area contributed by atoms with Crippen molar-refractivity contribution in [2.24, 2.45) is 0 Å². The molecule has 0 radical (unpaired) electrons. The van der Waals surface area contributed by atoms with Crippen molar-refractivity contribution in [2.45, 2.75) is 60.9 Å². The smallest absolute Gasteiger partial charge is 0.333 e. The van der Waals surface area contributed by atoms with Crippen LogP contribution in [0.1, 0.15) is 12.8 Å². The van der Waals surface area contributed by atoms with E-state index in [4.69, 9.17) is 0 Å². The zero-order valence-electron chi connectivity index (χ0n) is 25.3. The van der Waals surface area contributed by atoms with Crippen molar-refractivity contribution in [2.75, 3.05) is 75.2 Å². The standard InChI is InChI=1S/C29H39F4N11O.ClH/c30-28(31)24(22-15-20(17-38-22)40-7-11-42(12-8-40)26-34-3-1-4-35-26)44(19-45)25(29(28,32)33)23-16-21(18-39-23)41-9-13-43(14-10-41)27-36-5-2-6-37-27;/h1-6,19-25,38-39H,7-18H2;1H/t20-,21-,22-,23-,24?,25?;/m0./s1. The molecule has 5 saturated heterocycles. The number of halogens is 5. The zero-order chi connectivity index (χ0) is 31.2. The summed E-state index contributed by atoms with van der Waals surface area (Å²) in [6.07, 6.45) is 7.48. The number of anilines is 2. The third kappa shape index (κ3) is 5.86. The molecule has 17 heteroatoms. The van der Waals surface area contributed by atoms with E-state index >= 15 is 17.6 Å². The second kappa shape index (κ2) is 13.3. The first-order valence-corrected chi connectivity index (χ1v) is 15.7. The van der Waals surface area contributed by atoms with E-state index < -0.39 is 36.0 Å². The lowest BCUT2D eigenvalue weighted by atomic mass is 9.94. The van der Waals surface area contributed by atoms with E-state index in [0.29, 0.717) is 77.3 Å². The highest BCUT2D eigenvalue weighted by molar-refractivity contribution is 5.85. The van der Waals surface area contributed by atoms with Crippen LogP contribution in [0.4, 0.5) is 29.5 Å². The van der Waals surface area contributed by atoms with Gasteiger partial charge < -0.3 is 25.3 Å². The van der Waals surface area contributed by atoms with Crippen LogP contribution in [0.15, 0.2) is 36.9 Å². The summed E-state index contributed by atoms with van der Waals surface area (Å²) in [6.45, 7) is 6.19. The second-order valence-electron chi connectivity index (χ2n) is 12.6. The van der Waals surface area contributed by atoms with Gasteiger partial charge in [-0.2, -0.15) is 17.6 Å². The van der Waals surface area contributed by atoms with Crippen molar-refractivity contribution in [1.29, 1.82) is 0 Å². The van der Waals surface area contributed by atoms with Crippen molar-refractivity contribution < 1.29 is 22.4 Å². The van der Waals surface area contributed by atoms with Crippen LogP contribution < -0.4 is 20.4 Å². The van der Waals surface area contributed by atoms with E-state index in [-0.39, 0.29) is 43.7 Å². The molecule has 1 amide bonds. The molecule has 5 aliphatic rings. The molecule has 0 saturated carbocycles. The number of hydrogen-bond donors (Lipinski definition) is 2. The van der Waals surface area contributed by atoms with Crippen LogP contribution in [0.5, 0.6) is 0 Å². The lowest BCUT2D eigenvalue weighted by Crippen LogP contribution is -2.54. The van der Waals surface area contributed by atoms with Gasteiger partial charge in [-0.15, -0.1) is 12.4 Å². The van der Waals surface area contributed by atoms with Crippen molar-refractivity contribution in [3.63, 3.8) is 0 Å². The highest BCUT2D eigenvalue weighted by Gasteiger charge is 2.77. The molecule has 7 heterocycles. The van der Waals surface area contributed by atoms with Gasteiger partial charge in [0, 0.05) is 114 Å². The first kappa shape index (κ1) is 33.0. The molecule has 12 nitrogen and oxygen atoms in total. The second-order valence-corrected chi connectivity index (χ2v) is 12.6. The van der Waals surface area contributed by atoms with Crippen LogP contribution in [0.2, 0.25) is 0 Å². The maximum absolute atomic E-state index is 15.8. The molecular formula is C29H40ClF4N11O. The Morgan fingerprint density at radius 3 is 1.37 bits per heavy atom. The molecule has 0 aromatic carbocycles. The number of hydrogen-bond acceptors (Lipinski definition) is 11. The molecule has 6 atom stereocenters. The van der Waals surface area contributed by atoms with E-state index in [1.807, 2.05) is 0 Å². The first-order chi connectivity index (χ1) is 21.8. The van der Waals surface area contributed by atoms with Crippen LogP contribution >= 0.6 is 12.4 Å². The Morgan fingerprint density at radius 1 is 0.652 bits per heavy atom. The highest BCUT2D eigenvalue weighted by Crippen LogP contribution is 2.53. The van der Waals surface area contributed by atoms with Gasteiger partial charge in [-0.25, -0.2) is 19.9 Å². The summed E-state index contributed by atoms with van der Waals surface area (Å²) in [5.74, 6) is -7.47. The summed E-state index contributed by atoms with van der Waals surface area (Å²) < 4.78 is 63.1. The molecule has 0 bridgehead atoms. The van der Waals surface area contributed by atoms with Gasteiger partial charge in [0.2, 0.25) is 18.3 Å². The van der Waals surface area contributed by atoms with E-state index in [2.05, 4.69) is 50.2 Å². The van der Waals surface area contributed by atoms with E-state index in [0.717, 1.165) is 4.90 Å². The van der Waals surface area contributed by atoms with Gasteiger partial charge in [0.05, 0.1) is 0 Å². The lowest BCUT2D eigenvalue weighted by molar-refractivity contribution is -0.202. The maximum atomic E-state index is 15.8. The molecule has 2 unspecified atom stereocenters. The number of aromatic nitrogens is 4. The fourth-order valence-corrected chi connectivity index (χ4v) is 8.01. The number of alkyl halides is 4. The van der Waals surface area contributed by atoms with Crippen LogP contribution in [-0.2, 0) is 4.79 Å². The SMILES string of the molecule is Cl.O=CN1C([C@@H]2C[C@H](N3CCN(c4ncccn4)CC3)CN2)C(F)(F)C(F)(F)C1[C@@H]1C[C@H](N2CCN(c3ncccn3)CC2)CN1. The third-order valence-corrected chi connectivity index (χ3v) is 10.3. The number of carbonyl (C=O) groups excluding carboxylic acids is 1. The normalized spacial score (nSPS) is 33.3. The molecule has 2 N–H and O–H groups in total. The van der Waals surface area contributed by atoms with Gasteiger partial charge in [-0.3, -0.25) is 14.6 Å². The lowest BCUT2D eigenvalue weighted by Gasteiger charge is -2.38. The molecule has 2 aromatic rings. The number of carbonyl (C=O) groups is 1. The minimum absolute atomic E-state index is 0. The molecular weight excluding hydrogens is 630 g/mol. The summed E-state index contributed by atoms with van der Waals surface area (Å²) in [7, 11) is 0. The first-order valence-electron chi connectivity index (χ1n) is 15.7. The average Bonchev–Trinajstić information content (AvgIpc) is 3.79. The third-order valence-electron chi connectivity index (χ3n) is 10.3. The summed E-state index contributed by atoms with van der Waals surface area (Å²) in [6, 6.07) is -2.46. The molecule has 252 valence electrons. The zero-order valence-corrected chi connectivity index (χ0v) is 26.2. The summed E-state index contributed by atoms with van der Waals surface area (Å²) in [5, 5.41) is 6.20. The summed E-state index contributed by atoms with van der Waals surface area (Å²) in [4.78, 5) is 38.8. The molecule has 5 aliphatic heterocycles. The van der Waals surface area contributed by atoms with Crippen molar-refractivity contribution >= 4 is 30.7 Å². The van der Waals surface area contributed by atoms with Crippen LogP contribution in [0, 0.1) is 0 Å². The Morgan fingerprint density at radius 2 is 1.02 bits per heavy atom. The molecule has 0 spiro atoms. The van der Waals surface area contributed by atoms with E-state index in [9.17, 15) is 4.79 Å². The van der Waals surface area contributed by atoms with Gasteiger partial charge in [-0.05, 0) is 25.0 Å². The largest absolute Gasteiger partial charge is 0.338 e. The number of rotatable bonds is 7. The summed E-state index contributed by atoms with van der Waals surface area (Å²) in [5.41, 5.74) is 0. The predicted octanol–water partition coefficient (Wildman–Crippen LogP) is 0.573. The number of amides is 1. The van der Waals surface area contributed by atoms with Gasteiger partial charge in [0.25, 0.3) is 0 Å². The van der Waals surface area contributed by atoms with Crippen molar-refractivity contribution in [3.8, 4) is 0 Å². The Kier molecular flexibility index (Phi) is 9.54. The number of likely N-dealkylation sites (tertiary alicyclic amines) is 1. The Balaban J connectivity index is 0.00000372. The Labute approximate surface area is 271 Å². The molecule has 7 rings (SSSR count). The average molecular weight is 670 g/mol. The number of nitrogens with one attached hydrogen (secondary N) is 2. The highest BCUT2D eigenvalue weighted by atomic mass is 35.5. The summed E-state index contributed by atoms with van der Waals surface area (Å²) >= 11 is 0. The monoisotopic (exact) mass is 669 g/mol. The number of nitrogens with zero attached hydrogens (tertiary/aromatic N) is 9. The maximum Gasteiger partial charge on any atom is 0.333 e. The predicted molar refractivity (Wildman–Crippen MR) is 165 cm³/mol. The molecule has 2 aromatic heterocycles. The van der Waals surface area contributed by atoms with Gasteiger partial charge >= 0.3 is 11.8 Å². The quantitative estimate of drug-likeness (QED) is 0.319. The van der Waals surface area contributed by atoms with Crippen molar-refractivity contribution in [3.05, 3.63) is 36.9 Å². The molecule has 5 fully saturated rings. The molecule has 46 heavy (non-hydrogen) atoms. The van der Waals surface area contributed by atoms with E-state index in [1.165, 1.54) is 0 Å². The van der Waals surface area contributed by atoms with Gasteiger partial charge in [-0.1, -0.05) is 0 Å². The van der Waals surface area contributed by atoms with Gasteiger partial charge in [0.1, 0.15) is 12.1 Å².